The van der Waals surface area contributed by atoms with E-state index in [1.54, 1.807) is 9.80 Å². The highest BCUT2D eigenvalue weighted by Crippen LogP contribution is 2.28. The van der Waals surface area contributed by atoms with Crippen LogP contribution in [0.15, 0.2) is 18.2 Å². The van der Waals surface area contributed by atoms with E-state index in [1.807, 2.05) is 0 Å². The van der Waals surface area contributed by atoms with Crippen LogP contribution in [0.25, 0.3) is 0 Å². The van der Waals surface area contributed by atoms with Crippen LogP contribution in [0.3, 0.4) is 0 Å². The number of esters is 2. The summed E-state index contributed by atoms with van der Waals surface area (Å²) in [6.07, 6.45) is 0.963. The molecule has 10 heteroatoms. The molecule has 3 rings (SSSR count). The number of amides is 3. The number of urea groups is 1. The van der Waals surface area contributed by atoms with Gasteiger partial charge in [0.05, 0.1) is 32.0 Å². The van der Waals surface area contributed by atoms with Crippen molar-refractivity contribution in [3.63, 3.8) is 0 Å². The largest absolute Gasteiger partial charge is 0.465 e. The predicted molar refractivity (Wildman–Crippen MR) is 115 cm³/mol. The lowest BCUT2D eigenvalue weighted by molar-refractivity contribution is -0.0141. The summed E-state index contributed by atoms with van der Waals surface area (Å²) < 4.78 is 14.7. The highest BCUT2D eigenvalue weighted by atomic mass is 16.6. The van der Waals surface area contributed by atoms with Crippen molar-refractivity contribution in [1.29, 1.82) is 0 Å². The third-order valence-corrected chi connectivity index (χ3v) is 5.64. The van der Waals surface area contributed by atoms with Crippen molar-refractivity contribution >= 4 is 29.8 Å². The SMILES string of the molecule is COC(=O)c1cc(NC(=O)N2CCC(N3CC(C)(C)COC3=O)CC2)cc(C(=O)OC)c1. The molecule has 0 aliphatic carbocycles. The molecule has 1 aromatic carbocycles. The van der Waals surface area contributed by atoms with Crippen molar-refractivity contribution in [3.05, 3.63) is 29.3 Å². The summed E-state index contributed by atoms with van der Waals surface area (Å²) in [5.41, 5.74) is 0.415. The number of cyclic esters (lactones) is 1. The molecule has 2 aliphatic heterocycles. The summed E-state index contributed by atoms with van der Waals surface area (Å²) in [5, 5.41) is 2.73. The van der Waals surface area contributed by atoms with E-state index in [0.717, 1.165) is 0 Å². The number of likely N-dealkylation sites (tertiary alicyclic amines) is 1. The van der Waals surface area contributed by atoms with Gasteiger partial charge in [-0.2, -0.15) is 0 Å². The first-order valence-corrected chi connectivity index (χ1v) is 10.4. The normalized spacial score (nSPS) is 18.6. The first-order chi connectivity index (χ1) is 15.1. The number of rotatable bonds is 4. The molecular weight excluding hydrogens is 418 g/mol. The fraction of sp³-hybridized carbons (Fsp3) is 0.545. The molecule has 2 fully saturated rings. The molecule has 0 unspecified atom stereocenters. The molecule has 1 aromatic rings. The molecule has 0 bridgehead atoms. The zero-order valence-corrected chi connectivity index (χ0v) is 18.8. The molecule has 0 radical (unpaired) electrons. The number of carbonyl (C=O) groups is 4. The van der Waals surface area contributed by atoms with E-state index in [2.05, 4.69) is 19.2 Å². The van der Waals surface area contributed by atoms with Gasteiger partial charge in [0.2, 0.25) is 0 Å². The minimum absolute atomic E-state index is 0.0136. The number of methoxy groups -OCH3 is 2. The molecule has 0 atom stereocenters. The minimum Gasteiger partial charge on any atom is -0.465 e. The first-order valence-electron chi connectivity index (χ1n) is 10.4. The molecule has 2 heterocycles. The summed E-state index contributed by atoms with van der Waals surface area (Å²) in [5.74, 6) is -1.27. The predicted octanol–water partition coefficient (Wildman–Crippen LogP) is 2.73. The van der Waals surface area contributed by atoms with Gasteiger partial charge in [-0.1, -0.05) is 13.8 Å². The van der Waals surface area contributed by atoms with E-state index >= 15 is 0 Å². The van der Waals surface area contributed by atoms with E-state index in [-0.39, 0.29) is 40.4 Å². The van der Waals surface area contributed by atoms with Crippen LogP contribution < -0.4 is 5.32 Å². The lowest BCUT2D eigenvalue weighted by Gasteiger charge is -2.44. The Bertz CT molecular complexity index is 873. The Kier molecular flexibility index (Phi) is 6.90. The Labute approximate surface area is 186 Å². The van der Waals surface area contributed by atoms with Gasteiger partial charge in [0.1, 0.15) is 0 Å². The standard InChI is InChI=1S/C22H29N3O7/c1-22(2)12-25(21(29)32-13-22)17-5-7-24(8-6-17)20(28)23-16-10-14(18(26)30-3)9-15(11-16)19(27)31-4/h9-11,17H,5-8,12-13H2,1-4H3,(H,23,28). The van der Waals surface area contributed by atoms with E-state index in [4.69, 9.17) is 14.2 Å². The summed E-state index contributed by atoms with van der Waals surface area (Å²) >= 11 is 0. The Balaban J connectivity index is 1.65. The number of hydrogen-bond acceptors (Lipinski definition) is 7. The number of nitrogens with zero attached hydrogens (tertiary/aromatic N) is 2. The molecule has 174 valence electrons. The number of nitrogens with one attached hydrogen (secondary N) is 1. The van der Waals surface area contributed by atoms with E-state index in [0.29, 0.717) is 39.1 Å². The zero-order valence-electron chi connectivity index (χ0n) is 18.8. The number of piperidine rings is 1. The summed E-state index contributed by atoms with van der Waals surface area (Å²) in [6.45, 7) is 6.06. The molecule has 1 N–H and O–H groups in total. The Morgan fingerprint density at radius 2 is 1.59 bits per heavy atom. The lowest BCUT2D eigenvalue weighted by Crippen LogP contribution is -2.55. The highest BCUT2D eigenvalue weighted by molar-refractivity contribution is 5.99. The zero-order chi connectivity index (χ0) is 23.5. The summed E-state index contributed by atoms with van der Waals surface area (Å²) in [7, 11) is 2.46. The van der Waals surface area contributed by atoms with Crippen LogP contribution >= 0.6 is 0 Å². The Morgan fingerprint density at radius 3 is 2.12 bits per heavy atom. The Hall–Kier alpha value is -3.30. The van der Waals surface area contributed by atoms with E-state index in [1.165, 1.54) is 32.4 Å². The van der Waals surface area contributed by atoms with Crippen LogP contribution in [-0.2, 0) is 14.2 Å². The summed E-state index contributed by atoms with van der Waals surface area (Å²) in [6, 6.07) is 3.88. The van der Waals surface area contributed by atoms with E-state index in [9.17, 15) is 19.2 Å². The van der Waals surface area contributed by atoms with Gasteiger partial charge >= 0.3 is 24.1 Å². The number of benzene rings is 1. The van der Waals surface area contributed by atoms with Gasteiger partial charge in [-0.3, -0.25) is 0 Å². The molecule has 3 amide bonds. The second-order valence-electron chi connectivity index (χ2n) is 8.78. The van der Waals surface area contributed by atoms with Crippen LogP contribution in [0.2, 0.25) is 0 Å². The van der Waals surface area contributed by atoms with Crippen LogP contribution in [0, 0.1) is 5.41 Å². The van der Waals surface area contributed by atoms with Gasteiger partial charge in [-0.05, 0) is 31.0 Å². The maximum atomic E-state index is 12.8. The van der Waals surface area contributed by atoms with Gasteiger partial charge < -0.3 is 29.3 Å². The van der Waals surface area contributed by atoms with Crippen molar-refractivity contribution < 1.29 is 33.4 Å². The van der Waals surface area contributed by atoms with Crippen LogP contribution in [-0.4, -0.2) is 80.4 Å². The van der Waals surface area contributed by atoms with Crippen LogP contribution in [0.1, 0.15) is 47.4 Å². The first kappa shape index (κ1) is 23.4. The van der Waals surface area contributed by atoms with Crippen LogP contribution in [0.4, 0.5) is 15.3 Å². The second kappa shape index (κ2) is 9.46. The van der Waals surface area contributed by atoms with Crippen molar-refractivity contribution in [2.75, 3.05) is 45.8 Å². The number of carbonyl (C=O) groups excluding carboxylic acids is 4. The molecule has 10 nitrogen and oxygen atoms in total. The lowest BCUT2D eigenvalue weighted by atomic mass is 9.91. The molecule has 0 aromatic heterocycles. The van der Waals surface area contributed by atoms with Crippen molar-refractivity contribution in [3.8, 4) is 0 Å². The molecule has 0 saturated carbocycles. The average molecular weight is 447 g/mol. The quantitative estimate of drug-likeness (QED) is 0.557. The van der Waals surface area contributed by atoms with Gasteiger partial charge in [0.25, 0.3) is 0 Å². The van der Waals surface area contributed by atoms with Crippen molar-refractivity contribution in [2.45, 2.75) is 32.7 Å². The summed E-state index contributed by atoms with van der Waals surface area (Å²) in [4.78, 5) is 52.3. The van der Waals surface area contributed by atoms with Gasteiger partial charge in [-0.25, -0.2) is 19.2 Å². The topological polar surface area (TPSA) is 114 Å². The number of anilines is 1. The fourth-order valence-electron chi connectivity index (χ4n) is 3.94. The highest BCUT2D eigenvalue weighted by Gasteiger charge is 2.38. The third-order valence-electron chi connectivity index (χ3n) is 5.64. The maximum absolute atomic E-state index is 12.8. The average Bonchev–Trinajstić information content (AvgIpc) is 2.79. The van der Waals surface area contributed by atoms with Gasteiger partial charge in [-0.15, -0.1) is 0 Å². The fourth-order valence-corrected chi connectivity index (χ4v) is 3.94. The molecule has 32 heavy (non-hydrogen) atoms. The monoisotopic (exact) mass is 447 g/mol. The van der Waals surface area contributed by atoms with Crippen molar-refractivity contribution in [1.82, 2.24) is 9.80 Å². The minimum atomic E-state index is -0.636. The third kappa shape index (κ3) is 5.30. The van der Waals surface area contributed by atoms with Gasteiger partial charge in [0, 0.05) is 36.8 Å². The molecule has 0 spiro atoms. The van der Waals surface area contributed by atoms with Crippen molar-refractivity contribution in [2.24, 2.45) is 5.41 Å². The maximum Gasteiger partial charge on any atom is 0.410 e. The molecule has 2 saturated heterocycles. The smallest absolute Gasteiger partial charge is 0.410 e. The number of hydrogen-bond donors (Lipinski definition) is 1. The molecule has 2 aliphatic rings. The van der Waals surface area contributed by atoms with E-state index < -0.39 is 11.9 Å². The van der Waals surface area contributed by atoms with Crippen LogP contribution in [0.5, 0.6) is 0 Å². The molecular formula is C22H29N3O7. The number of ether oxygens (including phenoxy) is 3. The van der Waals surface area contributed by atoms with Gasteiger partial charge in [0.15, 0.2) is 0 Å². The Morgan fingerprint density at radius 1 is 1.03 bits per heavy atom. The second-order valence-corrected chi connectivity index (χ2v) is 8.78.